The molecular formula is C17H22N4. The van der Waals surface area contributed by atoms with Crippen molar-refractivity contribution >= 4 is 16.9 Å². The van der Waals surface area contributed by atoms with Crippen LogP contribution in [0.1, 0.15) is 37.8 Å². The van der Waals surface area contributed by atoms with E-state index in [0.717, 1.165) is 35.5 Å². The van der Waals surface area contributed by atoms with Crippen LogP contribution >= 0.6 is 0 Å². The van der Waals surface area contributed by atoms with Gasteiger partial charge in [0.25, 0.3) is 0 Å². The molecule has 1 aromatic carbocycles. The van der Waals surface area contributed by atoms with E-state index < -0.39 is 0 Å². The molecule has 2 aromatic rings. The summed E-state index contributed by atoms with van der Waals surface area (Å²) >= 11 is 0. The van der Waals surface area contributed by atoms with Crippen LogP contribution in [0.25, 0.3) is 11.0 Å². The Balaban J connectivity index is 1.57. The van der Waals surface area contributed by atoms with Gasteiger partial charge >= 0.3 is 0 Å². The quantitative estimate of drug-likeness (QED) is 0.889. The first-order chi connectivity index (χ1) is 10.2. The second-order valence-corrected chi connectivity index (χ2v) is 6.54. The van der Waals surface area contributed by atoms with Crippen LogP contribution in [-0.4, -0.2) is 28.1 Å². The van der Waals surface area contributed by atoms with E-state index >= 15 is 0 Å². The van der Waals surface area contributed by atoms with Gasteiger partial charge in [-0.05, 0) is 57.7 Å². The molecule has 1 saturated heterocycles. The van der Waals surface area contributed by atoms with Gasteiger partial charge in [0, 0.05) is 11.6 Å². The Labute approximate surface area is 125 Å². The largest absolute Gasteiger partial charge is 0.366 e. The average molecular weight is 282 g/mol. The van der Waals surface area contributed by atoms with Crippen LogP contribution in [0, 0.1) is 6.92 Å². The second-order valence-electron chi connectivity index (χ2n) is 6.54. The molecule has 1 atom stereocenters. The lowest BCUT2D eigenvalue weighted by atomic mass is 9.70. The smallest absolute Gasteiger partial charge is 0.148 e. The number of aryl methyl sites for hydroxylation is 1. The predicted molar refractivity (Wildman–Crippen MR) is 85.5 cm³/mol. The summed E-state index contributed by atoms with van der Waals surface area (Å²) in [4.78, 5) is 9.44. The van der Waals surface area contributed by atoms with E-state index in [1.165, 1.54) is 25.7 Å². The van der Waals surface area contributed by atoms with Gasteiger partial charge in [-0.15, -0.1) is 0 Å². The fourth-order valence-corrected chi connectivity index (χ4v) is 3.68. The van der Waals surface area contributed by atoms with Crippen molar-refractivity contribution in [1.29, 1.82) is 0 Å². The Hall–Kier alpha value is -1.68. The number of rotatable bonds is 2. The number of nitrogens with zero attached hydrogens (tertiary/aromatic N) is 2. The van der Waals surface area contributed by atoms with Gasteiger partial charge in [0.05, 0.1) is 16.7 Å². The van der Waals surface area contributed by atoms with Gasteiger partial charge in [-0.1, -0.05) is 12.1 Å². The van der Waals surface area contributed by atoms with Crippen molar-refractivity contribution in [2.24, 2.45) is 0 Å². The summed E-state index contributed by atoms with van der Waals surface area (Å²) in [5, 5.41) is 7.37. The number of para-hydroxylation sites is 2. The van der Waals surface area contributed by atoms with Crippen LogP contribution in [-0.2, 0) is 0 Å². The Morgan fingerprint density at radius 2 is 1.95 bits per heavy atom. The highest BCUT2D eigenvalue weighted by molar-refractivity contribution is 5.76. The normalized spacial score (nSPS) is 24.0. The van der Waals surface area contributed by atoms with Gasteiger partial charge in [0.1, 0.15) is 5.82 Å². The van der Waals surface area contributed by atoms with Crippen molar-refractivity contribution in [3.63, 3.8) is 0 Å². The number of hydrogen-bond donors (Lipinski definition) is 2. The van der Waals surface area contributed by atoms with E-state index in [4.69, 9.17) is 4.98 Å². The first-order valence-electron chi connectivity index (χ1n) is 7.99. The average Bonchev–Trinajstić information content (AvgIpc) is 2.47. The van der Waals surface area contributed by atoms with Crippen molar-refractivity contribution < 1.29 is 0 Å². The standard InChI is InChI=1S/C17H22N4/c1-12-16(21-15-6-3-2-5-14(15)19-12)20-13-7-10-18-17(11-13)8-4-9-17/h2-3,5-6,13,18H,4,7-11H2,1H3,(H,20,21). The molecule has 2 N–H and O–H groups in total. The summed E-state index contributed by atoms with van der Waals surface area (Å²) in [5.74, 6) is 0.954. The van der Waals surface area contributed by atoms with Gasteiger partial charge in [0.15, 0.2) is 0 Å². The molecule has 0 radical (unpaired) electrons. The minimum Gasteiger partial charge on any atom is -0.366 e. The van der Waals surface area contributed by atoms with Crippen LogP contribution in [0.3, 0.4) is 0 Å². The summed E-state index contributed by atoms with van der Waals surface area (Å²) in [7, 11) is 0. The summed E-state index contributed by atoms with van der Waals surface area (Å²) in [6, 6.07) is 8.59. The number of aromatic nitrogens is 2. The van der Waals surface area contributed by atoms with Crippen molar-refractivity contribution in [2.45, 2.75) is 50.6 Å². The minimum atomic E-state index is 0.411. The minimum absolute atomic E-state index is 0.411. The summed E-state index contributed by atoms with van der Waals surface area (Å²) in [6.07, 6.45) is 6.40. The molecule has 2 aliphatic rings. The van der Waals surface area contributed by atoms with Crippen LogP contribution in [0.4, 0.5) is 5.82 Å². The molecule has 4 heteroatoms. The van der Waals surface area contributed by atoms with Gasteiger partial charge in [-0.25, -0.2) is 9.97 Å². The van der Waals surface area contributed by atoms with Gasteiger partial charge in [-0.3, -0.25) is 0 Å². The van der Waals surface area contributed by atoms with Gasteiger partial charge in [0.2, 0.25) is 0 Å². The van der Waals surface area contributed by atoms with E-state index in [-0.39, 0.29) is 0 Å². The highest BCUT2D eigenvalue weighted by atomic mass is 15.1. The number of hydrogen-bond acceptors (Lipinski definition) is 4. The zero-order valence-electron chi connectivity index (χ0n) is 12.5. The first kappa shape index (κ1) is 13.0. The fourth-order valence-electron chi connectivity index (χ4n) is 3.68. The number of fused-ring (bicyclic) bond motifs is 1. The number of anilines is 1. The summed E-state index contributed by atoms with van der Waals surface area (Å²) < 4.78 is 0. The lowest BCUT2D eigenvalue weighted by molar-refractivity contribution is 0.135. The zero-order chi connectivity index (χ0) is 14.3. The molecule has 1 aliphatic carbocycles. The maximum atomic E-state index is 4.77. The van der Waals surface area contributed by atoms with Crippen LogP contribution in [0.15, 0.2) is 24.3 Å². The molecule has 1 unspecified atom stereocenters. The summed E-state index contributed by atoms with van der Waals surface area (Å²) in [6.45, 7) is 3.15. The van der Waals surface area contributed by atoms with E-state index in [9.17, 15) is 0 Å². The highest BCUT2D eigenvalue weighted by Gasteiger charge is 2.40. The lowest BCUT2D eigenvalue weighted by Crippen LogP contribution is -2.58. The zero-order valence-corrected chi connectivity index (χ0v) is 12.5. The van der Waals surface area contributed by atoms with Gasteiger partial charge < -0.3 is 10.6 Å². The fraction of sp³-hybridized carbons (Fsp3) is 0.529. The molecule has 4 rings (SSSR count). The molecule has 1 aromatic heterocycles. The Morgan fingerprint density at radius 3 is 2.67 bits per heavy atom. The van der Waals surface area contributed by atoms with E-state index in [0.29, 0.717) is 11.6 Å². The van der Waals surface area contributed by atoms with Crippen molar-refractivity contribution in [3.8, 4) is 0 Å². The molecule has 0 bridgehead atoms. The number of benzene rings is 1. The topological polar surface area (TPSA) is 49.8 Å². The molecule has 0 amide bonds. The molecule has 1 saturated carbocycles. The van der Waals surface area contributed by atoms with E-state index in [2.05, 4.69) is 15.6 Å². The molecular weight excluding hydrogens is 260 g/mol. The Morgan fingerprint density at radius 1 is 1.19 bits per heavy atom. The van der Waals surface area contributed by atoms with Crippen LogP contribution in [0.5, 0.6) is 0 Å². The van der Waals surface area contributed by atoms with Gasteiger partial charge in [-0.2, -0.15) is 0 Å². The van der Waals surface area contributed by atoms with E-state index in [1.807, 2.05) is 31.2 Å². The van der Waals surface area contributed by atoms with Crippen LogP contribution < -0.4 is 10.6 Å². The molecule has 2 heterocycles. The third-order valence-electron chi connectivity index (χ3n) is 5.03. The van der Waals surface area contributed by atoms with Crippen molar-refractivity contribution in [3.05, 3.63) is 30.0 Å². The molecule has 110 valence electrons. The SMILES string of the molecule is Cc1nc2ccccc2nc1NC1CCNC2(CCC2)C1. The maximum absolute atomic E-state index is 4.77. The van der Waals surface area contributed by atoms with Crippen molar-refractivity contribution in [2.75, 3.05) is 11.9 Å². The Bertz CT molecular complexity index is 663. The third-order valence-corrected chi connectivity index (χ3v) is 5.03. The second kappa shape index (κ2) is 4.95. The molecule has 2 fully saturated rings. The molecule has 1 aliphatic heterocycles. The summed E-state index contributed by atoms with van der Waals surface area (Å²) in [5.41, 5.74) is 3.35. The molecule has 4 nitrogen and oxygen atoms in total. The van der Waals surface area contributed by atoms with Crippen LogP contribution in [0.2, 0.25) is 0 Å². The highest BCUT2D eigenvalue weighted by Crippen LogP contribution is 2.39. The Kier molecular flexibility index (Phi) is 3.07. The van der Waals surface area contributed by atoms with E-state index in [1.54, 1.807) is 0 Å². The maximum Gasteiger partial charge on any atom is 0.148 e. The lowest BCUT2D eigenvalue weighted by Gasteiger charge is -2.48. The first-order valence-corrected chi connectivity index (χ1v) is 7.99. The number of piperidine rings is 1. The van der Waals surface area contributed by atoms with Crippen molar-refractivity contribution in [1.82, 2.24) is 15.3 Å². The molecule has 21 heavy (non-hydrogen) atoms. The number of nitrogens with one attached hydrogen (secondary N) is 2. The predicted octanol–water partition coefficient (Wildman–Crippen LogP) is 3.02. The molecule has 1 spiro atoms. The third kappa shape index (κ3) is 2.38. The monoisotopic (exact) mass is 282 g/mol.